The Kier molecular flexibility index (Phi) is 7.81. The first-order chi connectivity index (χ1) is 17.9. The lowest BCUT2D eigenvalue weighted by Crippen LogP contribution is -2.40. The number of hydrogen-bond acceptors (Lipinski definition) is 6. The summed E-state index contributed by atoms with van der Waals surface area (Å²) in [5.41, 5.74) is 3.93. The molecule has 2 aromatic rings. The summed E-state index contributed by atoms with van der Waals surface area (Å²) in [6.45, 7) is 6.54. The number of nitrogens with zero attached hydrogens (tertiary/aromatic N) is 4. The van der Waals surface area contributed by atoms with E-state index in [2.05, 4.69) is 21.8 Å². The van der Waals surface area contributed by atoms with Crippen LogP contribution in [-0.4, -0.2) is 60.7 Å². The van der Waals surface area contributed by atoms with Crippen LogP contribution in [0.15, 0.2) is 30.6 Å². The lowest BCUT2D eigenvalue weighted by Gasteiger charge is -2.34. The predicted molar refractivity (Wildman–Crippen MR) is 144 cm³/mol. The van der Waals surface area contributed by atoms with Crippen molar-refractivity contribution in [2.45, 2.75) is 64.9 Å². The number of piperidine rings is 1. The zero-order valence-electron chi connectivity index (χ0n) is 21.8. The van der Waals surface area contributed by atoms with E-state index < -0.39 is 10.0 Å². The minimum Gasteiger partial charge on any atom is -0.486 e. The van der Waals surface area contributed by atoms with Gasteiger partial charge in [0.25, 0.3) is 0 Å². The van der Waals surface area contributed by atoms with E-state index in [1.165, 1.54) is 9.87 Å². The Morgan fingerprint density at radius 2 is 1.84 bits per heavy atom. The second kappa shape index (κ2) is 11.1. The van der Waals surface area contributed by atoms with E-state index in [4.69, 9.17) is 4.74 Å². The highest BCUT2D eigenvalue weighted by Gasteiger charge is 2.35. The molecular formula is C28H37FN4O3S. The second-order valence-corrected chi connectivity index (χ2v) is 12.5. The molecule has 9 heteroatoms. The summed E-state index contributed by atoms with van der Waals surface area (Å²) in [4.78, 5) is 11.4. The molecule has 3 aliphatic rings. The number of rotatable bonds is 8. The van der Waals surface area contributed by atoms with Gasteiger partial charge in [0.15, 0.2) is 11.6 Å². The van der Waals surface area contributed by atoms with Crippen LogP contribution < -0.4 is 9.64 Å². The minimum absolute atomic E-state index is 0.0234. The Bertz CT molecular complexity index is 1240. The quantitative estimate of drug-likeness (QED) is 0.498. The largest absolute Gasteiger partial charge is 0.486 e. The molecule has 0 aliphatic carbocycles. The van der Waals surface area contributed by atoms with Crippen LogP contribution in [0.5, 0.6) is 5.75 Å². The number of anilines is 1. The van der Waals surface area contributed by atoms with E-state index in [-0.39, 0.29) is 17.7 Å². The van der Waals surface area contributed by atoms with Crippen molar-refractivity contribution >= 4 is 21.5 Å². The van der Waals surface area contributed by atoms with E-state index in [0.29, 0.717) is 44.0 Å². The van der Waals surface area contributed by atoms with Crippen molar-refractivity contribution in [2.75, 3.05) is 36.8 Å². The van der Waals surface area contributed by atoms with Gasteiger partial charge in [-0.2, -0.15) is 4.31 Å². The first-order valence-corrected chi connectivity index (χ1v) is 15.2. The van der Waals surface area contributed by atoms with Crippen LogP contribution in [0, 0.1) is 11.7 Å². The van der Waals surface area contributed by atoms with Gasteiger partial charge in [-0.15, -0.1) is 0 Å². The molecule has 200 valence electrons. The molecule has 0 saturated carbocycles. The standard InChI is InChI=1S/C28H37FN4O3S/c1-3-5-20-18-30-28(31-19-20)32-10-6-22(7-11-32)26-17-24-15-23(16-25(29)27(24)36-26)21-8-12-33(13-9-21)37(34,35)14-4-2/h8,15-16,18-19,22,26H,3-7,9-14,17H2,1-2H3/t26-/m0/s1. The number of fused-ring (bicyclic) bond motifs is 1. The molecule has 1 saturated heterocycles. The number of halogens is 1. The van der Waals surface area contributed by atoms with Gasteiger partial charge in [-0.05, 0) is 66.9 Å². The molecule has 0 spiro atoms. The molecule has 3 aliphatic heterocycles. The van der Waals surface area contributed by atoms with Crippen LogP contribution in [0.2, 0.25) is 0 Å². The topological polar surface area (TPSA) is 75.6 Å². The lowest BCUT2D eigenvalue weighted by molar-refractivity contribution is 0.134. The molecule has 1 fully saturated rings. The highest BCUT2D eigenvalue weighted by molar-refractivity contribution is 7.89. The van der Waals surface area contributed by atoms with E-state index in [0.717, 1.165) is 61.4 Å². The van der Waals surface area contributed by atoms with E-state index in [9.17, 15) is 8.42 Å². The maximum atomic E-state index is 15.1. The highest BCUT2D eigenvalue weighted by atomic mass is 32.2. The third-order valence-electron chi connectivity index (χ3n) is 7.79. The molecule has 0 radical (unpaired) electrons. The Labute approximate surface area is 219 Å². The van der Waals surface area contributed by atoms with Gasteiger partial charge in [0.1, 0.15) is 6.10 Å². The third-order valence-corrected chi connectivity index (χ3v) is 9.83. The van der Waals surface area contributed by atoms with Crippen molar-refractivity contribution in [3.05, 3.63) is 53.1 Å². The Morgan fingerprint density at radius 3 is 2.49 bits per heavy atom. The molecule has 1 aromatic carbocycles. The molecule has 0 amide bonds. The zero-order valence-corrected chi connectivity index (χ0v) is 22.6. The molecule has 4 heterocycles. The zero-order chi connectivity index (χ0) is 26.0. The van der Waals surface area contributed by atoms with Crippen LogP contribution >= 0.6 is 0 Å². The number of aromatic nitrogens is 2. The maximum absolute atomic E-state index is 15.1. The van der Waals surface area contributed by atoms with Crippen LogP contribution in [0.1, 0.15) is 62.6 Å². The molecule has 37 heavy (non-hydrogen) atoms. The molecule has 7 nitrogen and oxygen atoms in total. The number of hydrogen-bond donors (Lipinski definition) is 0. The Hall–Kier alpha value is -2.52. The summed E-state index contributed by atoms with van der Waals surface area (Å²) in [6.07, 6.45) is 11.7. The number of aryl methyl sites for hydroxylation is 1. The van der Waals surface area contributed by atoms with Gasteiger partial charge in [0.05, 0.1) is 5.75 Å². The number of benzene rings is 1. The minimum atomic E-state index is -3.22. The van der Waals surface area contributed by atoms with Crippen molar-refractivity contribution in [2.24, 2.45) is 5.92 Å². The van der Waals surface area contributed by atoms with Gasteiger partial charge >= 0.3 is 0 Å². The Balaban J connectivity index is 1.20. The van der Waals surface area contributed by atoms with Gasteiger partial charge in [-0.3, -0.25) is 0 Å². The third kappa shape index (κ3) is 5.67. The molecular weight excluding hydrogens is 491 g/mol. The summed E-state index contributed by atoms with van der Waals surface area (Å²) in [6, 6.07) is 3.59. The fourth-order valence-electron chi connectivity index (χ4n) is 5.74. The SMILES string of the molecule is CCCc1cnc(N2CCC([C@@H]3Cc4cc(C5=CCN(S(=O)(=O)CCC)CC5)cc(F)c4O3)CC2)nc1. The highest BCUT2D eigenvalue weighted by Crippen LogP contribution is 2.39. The van der Waals surface area contributed by atoms with Crippen LogP contribution in [0.25, 0.3) is 5.57 Å². The van der Waals surface area contributed by atoms with E-state index in [1.54, 1.807) is 6.07 Å². The maximum Gasteiger partial charge on any atom is 0.225 e. The summed E-state index contributed by atoms with van der Waals surface area (Å²) >= 11 is 0. The average molecular weight is 529 g/mol. The van der Waals surface area contributed by atoms with Crippen molar-refractivity contribution < 1.29 is 17.5 Å². The molecule has 0 unspecified atom stereocenters. The molecule has 1 atom stereocenters. The monoisotopic (exact) mass is 528 g/mol. The fourth-order valence-corrected chi connectivity index (χ4v) is 7.19. The van der Waals surface area contributed by atoms with Crippen LogP contribution in [-0.2, 0) is 22.9 Å². The van der Waals surface area contributed by atoms with Gasteiger partial charge in [-0.1, -0.05) is 26.3 Å². The first-order valence-electron chi connectivity index (χ1n) is 13.6. The summed E-state index contributed by atoms with van der Waals surface area (Å²) in [5.74, 6) is 1.37. The smallest absolute Gasteiger partial charge is 0.225 e. The average Bonchev–Trinajstić information content (AvgIpc) is 3.35. The van der Waals surface area contributed by atoms with E-state index in [1.807, 2.05) is 31.5 Å². The van der Waals surface area contributed by atoms with Crippen molar-refractivity contribution in [1.82, 2.24) is 14.3 Å². The predicted octanol–water partition coefficient (Wildman–Crippen LogP) is 4.62. The van der Waals surface area contributed by atoms with Gasteiger partial charge in [-0.25, -0.2) is 22.8 Å². The normalized spacial score (nSPS) is 21.0. The van der Waals surface area contributed by atoms with E-state index >= 15 is 4.39 Å². The van der Waals surface area contributed by atoms with Gasteiger partial charge in [0, 0.05) is 50.6 Å². The van der Waals surface area contributed by atoms with Crippen molar-refractivity contribution in [1.29, 1.82) is 0 Å². The number of sulfonamides is 1. The molecule has 1 aromatic heterocycles. The summed E-state index contributed by atoms with van der Waals surface area (Å²) in [7, 11) is -3.22. The van der Waals surface area contributed by atoms with Gasteiger partial charge < -0.3 is 9.64 Å². The molecule has 0 N–H and O–H groups in total. The summed E-state index contributed by atoms with van der Waals surface area (Å²) in [5, 5.41) is 0. The lowest BCUT2D eigenvalue weighted by atomic mass is 9.88. The van der Waals surface area contributed by atoms with Crippen LogP contribution in [0.3, 0.4) is 0 Å². The van der Waals surface area contributed by atoms with Crippen molar-refractivity contribution in [3.8, 4) is 5.75 Å². The molecule has 5 rings (SSSR count). The Morgan fingerprint density at radius 1 is 1.08 bits per heavy atom. The first kappa shape index (κ1) is 26.1. The second-order valence-electron chi connectivity index (χ2n) is 10.4. The van der Waals surface area contributed by atoms with Crippen molar-refractivity contribution in [3.63, 3.8) is 0 Å². The number of ether oxygens (including phenoxy) is 1. The van der Waals surface area contributed by atoms with Crippen LogP contribution in [0.4, 0.5) is 10.3 Å². The molecule has 0 bridgehead atoms. The van der Waals surface area contributed by atoms with Gasteiger partial charge in [0.2, 0.25) is 16.0 Å². The summed E-state index contributed by atoms with van der Waals surface area (Å²) < 4.78 is 47.5. The fraction of sp³-hybridized carbons (Fsp3) is 0.571.